The van der Waals surface area contributed by atoms with Crippen molar-refractivity contribution < 1.29 is 14.3 Å². The van der Waals surface area contributed by atoms with Crippen molar-refractivity contribution in [3.63, 3.8) is 0 Å². The zero-order valence-corrected chi connectivity index (χ0v) is 14.1. The molecule has 6 heteroatoms. The molecule has 5 nitrogen and oxygen atoms in total. The quantitative estimate of drug-likeness (QED) is 0.641. The summed E-state index contributed by atoms with van der Waals surface area (Å²) in [4.78, 5) is 16.9. The third kappa shape index (κ3) is 3.28. The molecule has 0 aliphatic rings. The predicted molar refractivity (Wildman–Crippen MR) is 91.0 cm³/mol. The summed E-state index contributed by atoms with van der Waals surface area (Å²) < 4.78 is 12.8. The van der Waals surface area contributed by atoms with Gasteiger partial charge in [0.25, 0.3) is 5.91 Å². The highest BCUT2D eigenvalue weighted by molar-refractivity contribution is 9.10. The number of hydrogen-bond acceptors (Lipinski definition) is 4. The molecule has 0 atom stereocenters. The van der Waals surface area contributed by atoms with Gasteiger partial charge >= 0.3 is 0 Å². The Labute approximate surface area is 142 Å². The predicted octanol–water partition coefficient (Wildman–Crippen LogP) is 3.51. The molecule has 0 saturated carbocycles. The van der Waals surface area contributed by atoms with Crippen molar-refractivity contribution in [3.05, 3.63) is 58.8 Å². The highest BCUT2D eigenvalue weighted by Gasteiger charge is 2.14. The first kappa shape index (κ1) is 15.7. The first-order chi connectivity index (χ1) is 11.2. The van der Waals surface area contributed by atoms with Gasteiger partial charge in [-0.05, 0) is 46.3 Å². The maximum atomic E-state index is 12.7. The molecule has 0 amide bonds. The number of carbonyl (C=O) groups is 1. The van der Waals surface area contributed by atoms with Crippen molar-refractivity contribution >= 4 is 32.9 Å². The van der Waals surface area contributed by atoms with Gasteiger partial charge in [0.2, 0.25) is 0 Å². The minimum absolute atomic E-state index is 0.136. The number of methoxy groups -OCH3 is 1. The van der Waals surface area contributed by atoms with Crippen LogP contribution in [0.1, 0.15) is 10.4 Å². The van der Waals surface area contributed by atoms with E-state index in [9.17, 15) is 4.79 Å². The molecule has 0 unspecified atom stereocenters. The number of benzene rings is 2. The Bertz CT molecular complexity index is 845. The van der Waals surface area contributed by atoms with E-state index in [1.807, 2.05) is 24.3 Å². The van der Waals surface area contributed by atoms with Crippen LogP contribution in [-0.4, -0.2) is 35.8 Å². The third-order valence-electron chi connectivity index (χ3n) is 3.40. The average Bonchev–Trinajstić information content (AvgIpc) is 3.00. The van der Waals surface area contributed by atoms with E-state index in [1.54, 1.807) is 36.2 Å². The fourth-order valence-corrected chi connectivity index (χ4v) is 2.74. The first-order valence-electron chi connectivity index (χ1n) is 7.09. The molecule has 3 rings (SSSR count). The van der Waals surface area contributed by atoms with Gasteiger partial charge in [-0.1, -0.05) is 12.1 Å². The number of nitrogens with zero attached hydrogens (tertiary/aromatic N) is 2. The smallest absolute Gasteiger partial charge is 0.263 e. The second-order valence-electron chi connectivity index (χ2n) is 4.89. The number of hydrogen-bond donors (Lipinski definition) is 0. The van der Waals surface area contributed by atoms with Crippen molar-refractivity contribution in [1.29, 1.82) is 0 Å². The first-order valence-corrected chi connectivity index (χ1v) is 7.88. The summed E-state index contributed by atoms with van der Waals surface area (Å²) in [5.41, 5.74) is 2.13. The van der Waals surface area contributed by atoms with Gasteiger partial charge in [0, 0.05) is 12.7 Å². The molecule has 0 bridgehead atoms. The molecular formula is C17H15BrN2O3. The van der Waals surface area contributed by atoms with Crippen LogP contribution >= 0.6 is 15.9 Å². The van der Waals surface area contributed by atoms with Crippen molar-refractivity contribution in [3.8, 4) is 5.75 Å². The summed E-state index contributed by atoms with van der Waals surface area (Å²) in [5, 5.41) is 0. The highest BCUT2D eigenvalue weighted by atomic mass is 79.9. The lowest BCUT2D eigenvalue weighted by molar-refractivity contribution is 0.0964. The lowest BCUT2D eigenvalue weighted by atomic mass is 10.2. The van der Waals surface area contributed by atoms with Gasteiger partial charge in [0.05, 0.1) is 22.1 Å². The third-order valence-corrected chi connectivity index (χ3v) is 4.02. The normalized spacial score (nSPS) is 10.9. The van der Waals surface area contributed by atoms with E-state index < -0.39 is 0 Å². The molecule has 3 aromatic rings. The fraction of sp³-hybridized carbons (Fsp3) is 0.176. The standard InChI is InChI=1S/C17H15BrN2O3/c1-22-8-9-23-16-7-6-12(10-13(16)18)17(21)20-11-19-14-4-2-3-5-15(14)20/h2-7,10-11H,8-9H2,1H3. The number of imidazole rings is 1. The molecule has 0 aliphatic heterocycles. The molecule has 118 valence electrons. The van der Waals surface area contributed by atoms with Crippen molar-refractivity contribution in [1.82, 2.24) is 9.55 Å². The van der Waals surface area contributed by atoms with Gasteiger partial charge in [-0.2, -0.15) is 0 Å². The maximum Gasteiger partial charge on any atom is 0.263 e. The van der Waals surface area contributed by atoms with Gasteiger partial charge in [-0.15, -0.1) is 0 Å². The molecule has 23 heavy (non-hydrogen) atoms. The number of para-hydroxylation sites is 2. The average molecular weight is 375 g/mol. The Morgan fingerprint density at radius 2 is 2.04 bits per heavy atom. The zero-order chi connectivity index (χ0) is 16.2. The number of carbonyl (C=O) groups excluding carboxylic acids is 1. The Morgan fingerprint density at radius 1 is 1.22 bits per heavy atom. The SMILES string of the molecule is COCCOc1ccc(C(=O)n2cnc3ccccc32)cc1Br. The van der Waals surface area contributed by atoms with E-state index in [-0.39, 0.29) is 5.91 Å². The second kappa shape index (κ2) is 6.93. The molecule has 0 aliphatic carbocycles. The van der Waals surface area contributed by atoms with E-state index in [1.165, 1.54) is 0 Å². The molecule has 0 spiro atoms. The van der Waals surface area contributed by atoms with Crippen molar-refractivity contribution in [2.75, 3.05) is 20.3 Å². The Hall–Kier alpha value is -2.18. The van der Waals surface area contributed by atoms with E-state index in [0.717, 1.165) is 15.5 Å². The van der Waals surface area contributed by atoms with Crippen LogP contribution in [0.5, 0.6) is 5.75 Å². The molecule has 0 fully saturated rings. The summed E-state index contributed by atoms with van der Waals surface area (Å²) in [6.07, 6.45) is 1.55. The maximum absolute atomic E-state index is 12.7. The monoisotopic (exact) mass is 374 g/mol. The summed E-state index contributed by atoms with van der Waals surface area (Å²) in [6.45, 7) is 0.961. The van der Waals surface area contributed by atoms with Crippen LogP contribution in [0, 0.1) is 0 Å². The molecule has 0 saturated heterocycles. The van der Waals surface area contributed by atoms with Crippen LogP contribution in [0.4, 0.5) is 0 Å². The number of halogens is 1. The Balaban J connectivity index is 1.86. The largest absolute Gasteiger partial charge is 0.490 e. The van der Waals surface area contributed by atoms with Crippen LogP contribution in [0.15, 0.2) is 53.3 Å². The molecular weight excluding hydrogens is 360 g/mol. The van der Waals surface area contributed by atoms with Crippen LogP contribution < -0.4 is 4.74 Å². The van der Waals surface area contributed by atoms with Crippen LogP contribution in [0.3, 0.4) is 0 Å². The Morgan fingerprint density at radius 3 is 2.83 bits per heavy atom. The molecule has 2 aromatic carbocycles. The van der Waals surface area contributed by atoms with E-state index in [0.29, 0.717) is 24.5 Å². The molecule has 1 heterocycles. The van der Waals surface area contributed by atoms with Gasteiger partial charge in [-0.3, -0.25) is 9.36 Å². The highest BCUT2D eigenvalue weighted by Crippen LogP contribution is 2.27. The van der Waals surface area contributed by atoms with Crippen molar-refractivity contribution in [2.45, 2.75) is 0 Å². The van der Waals surface area contributed by atoms with E-state index in [2.05, 4.69) is 20.9 Å². The van der Waals surface area contributed by atoms with Gasteiger partial charge in [-0.25, -0.2) is 4.98 Å². The molecule has 1 aromatic heterocycles. The van der Waals surface area contributed by atoms with E-state index in [4.69, 9.17) is 9.47 Å². The second-order valence-corrected chi connectivity index (χ2v) is 5.75. The number of fused-ring (bicyclic) bond motifs is 1. The number of rotatable bonds is 5. The van der Waals surface area contributed by atoms with E-state index >= 15 is 0 Å². The fourth-order valence-electron chi connectivity index (χ4n) is 2.25. The number of aromatic nitrogens is 2. The lowest BCUT2D eigenvalue weighted by Gasteiger charge is -2.09. The molecule has 0 radical (unpaired) electrons. The van der Waals surface area contributed by atoms with Crippen molar-refractivity contribution in [2.24, 2.45) is 0 Å². The zero-order valence-electron chi connectivity index (χ0n) is 12.5. The number of ether oxygens (including phenoxy) is 2. The topological polar surface area (TPSA) is 53.4 Å². The van der Waals surface area contributed by atoms with Gasteiger partial charge < -0.3 is 9.47 Å². The summed E-state index contributed by atoms with van der Waals surface area (Å²) in [6, 6.07) is 12.8. The Kier molecular flexibility index (Phi) is 4.73. The van der Waals surface area contributed by atoms with Crippen LogP contribution in [0.25, 0.3) is 11.0 Å². The van der Waals surface area contributed by atoms with Gasteiger partial charge in [0.15, 0.2) is 0 Å². The van der Waals surface area contributed by atoms with Gasteiger partial charge in [0.1, 0.15) is 18.7 Å². The lowest BCUT2D eigenvalue weighted by Crippen LogP contribution is -2.11. The van der Waals surface area contributed by atoms with Crippen LogP contribution in [-0.2, 0) is 4.74 Å². The minimum Gasteiger partial charge on any atom is -0.490 e. The summed E-state index contributed by atoms with van der Waals surface area (Å²) in [5.74, 6) is 0.539. The molecule has 0 N–H and O–H groups in total. The summed E-state index contributed by atoms with van der Waals surface area (Å²) in [7, 11) is 1.62. The van der Waals surface area contributed by atoms with Crippen LogP contribution in [0.2, 0.25) is 0 Å². The summed E-state index contributed by atoms with van der Waals surface area (Å²) >= 11 is 3.44. The minimum atomic E-state index is -0.136.